The summed E-state index contributed by atoms with van der Waals surface area (Å²) >= 11 is 0. The third kappa shape index (κ3) is 13.8. The summed E-state index contributed by atoms with van der Waals surface area (Å²) in [4.78, 5) is 51.5. The van der Waals surface area contributed by atoms with Gasteiger partial charge in [0.2, 0.25) is 5.91 Å². The number of carbonyl (C=O) groups is 4. The van der Waals surface area contributed by atoms with Crippen molar-refractivity contribution in [3.8, 4) is 0 Å². The molecular weight excluding hydrogens is 664 g/mol. The minimum Gasteiger partial charge on any atom is -0.444 e. The molecule has 0 aliphatic heterocycles. The number of fused-ring (bicyclic) bond motifs is 1. The van der Waals surface area contributed by atoms with E-state index in [1.54, 1.807) is 61.6 Å². The Balaban J connectivity index is 1.63. The summed E-state index contributed by atoms with van der Waals surface area (Å²) in [5, 5.41) is 22.8. The SMILES string of the molecule is CC(C)(CNC(=O)CC(Cc1cc(F)ccc1F)NC(=O)OC(C)(C)C)CNC(=O)C(O)C(Cn1ccc2ccccc21)NC(=O)OC(C)(C)C. The highest BCUT2D eigenvalue weighted by atomic mass is 19.1. The molecule has 0 spiro atoms. The van der Waals surface area contributed by atoms with E-state index in [0.717, 1.165) is 29.1 Å². The average Bonchev–Trinajstić information content (AvgIpc) is 3.41. The molecule has 3 unspecified atom stereocenters. The Bertz CT molecular complexity index is 1680. The Morgan fingerprint density at radius 1 is 0.824 bits per heavy atom. The molecule has 0 aliphatic rings. The molecule has 3 atom stereocenters. The van der Waals surface area contributed by atoms with Crippen LogP contribution in [0.15, 0.2) is 54.7 Å². The first-order chi connectivity index (χ1) is 23.6. The maximum atomic E-state index is 14.4. The number of ether oxygens (including phenoxy) is 2. The van der Waals surface area contributed by atoms with Gasteiger partial charge in [0.1, 0.15) is 22.8 Å². The summed E-state index contributed by atoms with van der Waals surface area (Å²) in [5.74, 6) is -2.58. The summed E-state index contributed by atoms with van der Waals surface area (Å²) in [5.41, 5.74) is -1.53. The monoisotopic (exact) mass is 715 g/mol. The number of rotatable bonds is 14. The predicted octanol–water partition coefficient (Wildman–Crippen LogP) is 4.96. The first kappa shape index (κ1) is 40.7. The van der Waals surface area contributed by atoms with E-state index in [1.807, 2.05) is 34.9 Å². The number of benzene rings is 2. The van der Waals surface area contributed by atoms with Crippen molar-refractivity contribution < 1.29 is 42.5 Å². The van der Waals surface area contributed by atoms with Crippen LogP contribution < -0.4 is 21.3 Å². The van der Waals surface area contributed by atoms with Gasteiger partial charge in [-0.25, -0.2) is 18.4 Å². The van der Waals surface area contributed by atoms with Crippen molar-refractivity contribution in [3.05, 3.63) is 71.9 Å². The van der Waals surface area contributed by atoms with Gasteiger partial charge in [-0.2, -0.15) is 0 Å². The zero-order chi connectivity index (χ0) is 38.1. The lowest BCUT2D eigenvalue weighted by atomic mass is 9.93. The average molecular weight is 716 g/mol. The maximum absolute atomic E-state index is 14.4. The normalized spacial score (nSPS) is 13.9. The molecule has 280 valence electrons. The lowest BCUT2D eigenvalue weighted by Gasteiger charge is -2.29. The van der Waals surface area contributed by atoms with Gasteiger partial charge in [-0.3, -0.25) is 9.59 Å². The Morgan fingerprint density at radius 2 is 1.43 bits per heavy atom. The summed E-state index contributed by atoms with van der Waals surface area (Å²) in [7, 11) is 0. The fourth-order valence-corrected chi connectivity index (χ4v) is 5.12. The van der Waals surface area contributed by atoms with Gasteiger partial charge in [0.25, 0.3) is 5.91 Å². The molecule has 0 bridgehead atoms. The number of nitrogens with one attached hydrogen (secondary N) is 4. The van der Waals surface area contributed by atoms with E-state index in [2.05, 4.69) is 21.3 Å². The second kappa shape index (κ2) is 17.0. The third-order valence-electron chi connectivity index (χ3n) is 7.56. The van der Waals surface area contributed by atoms with E-state index < -0.39 is 70.4 Å². The second-order valence-corrected chi connectivity index (χ2v) is 15.4. The number of alkyl carbamates (subject to hydrolysis) is 2. The van der Waals surface area contributed by atoms with Crippen LogP contribution in [0.25, 0.3) is 10.9 Å². The van der Waals surface area contributed by atoms with Crippen molar-refractivity contribution in [1.29, 1.82) is 0 Å². The molecule has 4 amide bonds. The fraction of sp³-hybridized carbons (Fsp3) is 0.514. The molecule has 1 aromatic heterocycles. The second-order valence-electron chi connectivity index (χ2n) is 15.4. The number of para-hydroxylation sites is 1. The first-order valence-electron chi connectivity index (χ1n) is 16.8. The van der Waals surface area contributed by atoms with Gasteiger partial charge >= 0.3 is 12.2 Å². The van der Waals surface area contributed by atoms with Crippen LogP contribution in [0.1, 0.15) is 67.4 Å². The van der Waals surface area contributed by atoms with E-state index >= 15 is 0 Å². The highest BCUT2D eigenvalue weighted by Gasteiger charge is 2.32. The van der Waals surface area contributed by atoms with E-state index in [-0.39, 0.29) is 38.0 Å². The summed E-state index contributed by atoms with van der Waals surface area (Å²) in [6, 6.07) is 10.4. The van der Waals surface area contributed by atoms with Crippen LogP contribution in [0.2, 0.25) is 0 Å². The van der Waals surface area contributed by atoms with Crippen molar-refractivity contribution in [1.82, 2.24) is 25.8 Å². The largest absolute Gasteiger partial charge is 0.444 e. The van der Waals surface area contributed by atoms with Crippen molar-refractivity contribution in [2.45, 2.75) is 104 Å². The standard InChI is InChI=1S/C37H51F2N5O7/c1-35(2,3)50-33(48)42-26(18-24-17-25(38)13-14-27(24)39)19-30(45)40-21-37(7,8)22-41-32(47)31(46)28(43-34(49)51-36(4,5)6)20-44-16-15-23-11-9-10-12-29(23)44/h9-17,26,28,31,46H,18-22H2,1-8H3,(H,40,45)(H,41,47)(H,42,48)(H,43,49). The van der Waals surface area contributed by atoms with Crippen LogP contribution in [0.5, 0.6) is 0 Å². The van der Waals surface area contributed by atoms with Crippen LogP contribution in [0.3, 0.4) is 0 Å². The van der Waals surface area contributed by atoms with Gasteiger partial charge in [0.05, 0.1) is 6.04 Å². The Labute approximate surface area is 297 Å². The fourth-order valence-electron chi connectivity index (χ4n) is 5.12. The Kier molecular flexibility index (Phi) is 13.6. The van der Waals surface area contributed by atoms with E-state index in [9.17, 15) is 33.1 Å². The van der Waals surface area contributed by atoms with Gasteiger partial charge in [0.15, 0.2) is 6.10 Å². The quantitative estimate of drug-likeness (QED) is 0.158. The summed E-state index contributed by atoms with van der Waals surface area (Å²) in [6.07, 6.45) is -1.92. The van der Waals surface area contributed by atoms with Gasteiger partial charge in [0, 0.05) is 43.8 Å². The number of aromatic nitrogens is 1. The third-order valence-corrected chi connectivity index (χ3v) is 7.56. The molecule has 0 fully saturated rings. The van der Waals surface area contributed by atoms with E-state index in [1.165, 1.54) is 0 Å². The molecule has 0 aliphatic carbocycles. The van der Waals surface area contributed by atoms with Crippen molar-refractivity contribution in [2.75, 3.05) is 13.1 Å². The summed E-state index contributed by atoms with van der Waals surface area (Å²) in [6.45, 7) is 13.8. The van der Waals surface area contributed by atoms with Gasteiger partial charge in [-0.15, -0.1) is 0 Å². The number of amides is 4. The smallest absolute Gasteiger partial charge is 0.408 e. The topological polar surface area (TPSA) is 160 Å². The lowest BCUT2D eigenvalue weighted by molar-refractivity contribution is -0.131. The van der Waals surface area contributed by atoms with Crippen LogP contribution >= 0.6 is 0 Å². The molecule has 0 saturated carbocycles. The molecule has 12 nitrogen and oxygen atoms in total. The molecule has 5 N–H and O–H groups in total. The van der Waals surface area contributed by atoms with Crippen molar-refractivity contribution in [3.63, 3.8) is 0 Å². The lowest BCUT2D eigenvalue weighted by Crippen LogP contribution is -2.54. The van der Waals surface area contributed by atoms with Crippen molar-refractivity contribution in [2.24, 2.45) is 5.41 Å². The van der Waals surface area contributed by atoms with Gasteiger partial charge in [-0.1, -0.05) is 32.0 Å². The van der Waals surface area contributed by atoms with Crippen LogP contribution in [-0.2, 0) is 32.0 Å². The van der Waals surface area contributed by atoms with Gasteiger partial charge < -0.3 is 40.4 Å². The Hall–Kier alpha value is -4.72. The zero-order valence-electron chi connectivity index (χ0n) is 30.6. The molecule has 2 aromatic carbocycles. The molecule has 0 radical (unpaired) electrons. The van der Waals surface area contributed by atoms with E-state index in [0.29, 0.717) is 0 Å². The number of hydrogen-bond acceptors (Lipinski definition) is 7. The van der Waals surface area contributed by atoms with Crippen LogP contribution in [-0.4, -0.2) is 76.2 Å². The number of carbonyl (C=O) groups excluding carboxylic acids is 4. The molecule has 1 heterocycles. The minimum absolute atomic E-state index is 0.0186. The molecule has 3 aromatic rings. The Morgan fingerprint density at radius 3 is 2.08 bits per heavy atom. The molecule has 51 heavy (non-hydrogen) atoms. The first-order valence-corrected chi connectivity index (χ1v) is 16.8. The molecule has 0 saturated heterocycles. The van der Waals surface area contributed by atoms with E-state index in [4.69, 9.17) is 9.47 Å². The number of halogens is 2. The maximum Gasteiger partial charge on any atom is 0.408 e. The number of hydrogen-bond donors (Lipinski definition) is 5. The summed E-state index contributed by atoms with van der Waals surface area (Å²) < 4.78 is 40.8. The highest BCUT2D eigenvalue weighted by molar-refractivity contribution is 5.83. The molecule has 3 rings (SSSR count). The predicted molar refractivity (Wildman–Crippen MR) is 189 cm³/mol. The van der Waals surface area contributed by atoms with Crippen LogP contribution in [0.4, 0.5) is 18.4 Å². The zero-order valence-corrected chi connectivity index (χ0v) is 30.6. The van der Waals surface area contributed by atoms with Crippen LogP contribution in [0, 0.1) is 17.0 Å². The molecular formula is C37H51F2N5O7. The van der Waals surface area contributed by atoms with Crippen molar-refractivity contribution >= 4 is 34.9 Å². The number of nitrogens with zero attached hydrogens (tertiary/aromatic N) is 1. The van der Waals surface area contributed by atoms with Gasteiger partial charge in [-0.05, 0) is 94.7 Å². The number of aliphatic hydroxyl groups is 1. The molecule has 14 heteroatoms. The number of aliphatic hydroxyl groups excluding tert-OH is 1. The minimum atomic E-state index is -1.66. The highest BCUT2D eigenvalue weighted by Crippen LogP contribution is 2.19.